The van der Waals surface area contributed by atoms with Crippen LogP contribution in [0, 0.1) is 0 Å². The zero-order chi connectivity index (χ0) is 18.0. The van der Waals surface area contributed by atoms with Crippen LogP contribution in [-0.2, 0) is 4.79 Å². The predicted molar refractivity (Wildman–Crippen MR) is 102 cm³/mol. The molecule has 1 aromatic heterocycles. The molecule has 0 spiro atoms. The summed E-state index contributed by atoms with van der Waals surface area (Å²) >= 11 is 17.9. The zero-order valence-electron chi connectivity index (χ0n) is 12.3. The minimum atomic E-state index is -0.645. The van der Waals surface area contributed by atoms with Gasteiger partial charge in [0.05, 0.1) is 21.2 Å². The first-order valence-corrected chi connectivity index (χ1v) is 8.76. The van der Waals surface area contributed by atoms with Gasteiger partial charge in [-0.05, 0) is 42.5 Å². The van der Waals surface area contributed by atoms with Gasteiger partial charge in [0.1, 0.15) is 5.76 Å². The number of hydrogen-bond donors (Lipinski definition) is 2. The van der Waals surface area contributed by atoms with E-state index in [0.717, 1.165) is 16.8 Å². The number of carbonyl (C=O) groups is 2. The lowest BCUT2D eigenvalue weighted by atomic mass is 10.3. The molecule has 0 saturated carbocycles. The zero-order valence-corrected chi connectivity index (χ0v) is 15.4. The van der Waals surface area contributed by atoms with E-state index in [1.807, 2.05) is 0 Å². The molecule has 2 N–H and O–H groups in total. The van der Waals surface area contributed by atoms with Crippen LogP contribution >= 0.6 is 47.2 Å². The van der Waals surface area contributed by atoms with Gasteiger partial charge in [-0.3, -0.25) is 4.79 Å². The summed E-state index contributed by atoms with van der Waals surface area (Å²) in [6.07, 6.45) is 3.05. The molecule has 6 nitrogen and oxygen atoms in total. The molecule has 2 aromatic rings. The van der Waals surface area contributed by atoms with E-state index < -0.39 is 11.9 Å². The first kappa shape index (κ1) is 17.8. The number of rotatable bonds is 3. The number of thioether (sulfide) groups is 1. The molecule has 0 bridgehead atoms. The van der Waals surface area contributed by atoms with Gasteiger partial charge in [0.2, 0.25) is 0 Å². The molecule has 3 rings (SSSR count). The molecular formula is C15H9Cl2N3O3S2. The van der Waals surface area contributed by atoms with Crippen LogP contribution in [0.2, 0.25) is 10.0 Å². The molecule has 0 unspecified atom stereocenters. The van der Waals surface area contributed by atoms with Gasteiger partial charge in [-0.25, -0.2) is 10.2 Å². The Labute approximate surface area is 162 Å². The normalized spacial score (nSPS) is 15.8. The Bertz CT molecular complexity index is 884. The van der Waals surface area contributed by atoms with Crippen molar-refractivity contribution in [2.75, 3.05) is 5.32 Å². The highest BCUT2D eigenvalue weighted by Gasteiger charge is 2.33. The van der Waals surface area contributed by atoms with E-state index in [-0.39, 0.29) is 4.32 Å². The summed E-state index contributed by atoms with van der Waals surface area (Å²) in [6.45, 7) is 0. The van der Waals surface area contributed by atoms with E-state index in [9.17, 15) is 9.59 Å². The Kier molecular flexibility index (Phi) is 5.33. The topological polar surface area (TPSA) is 74.6 Å². The first-order valence-electron chi connectivity index (χ1n) is 6.78. The van der Waals surface area contributed by atoms with Gasteiger partial charge in [-0.15, -0.1) is 0 Å². The quantitative estimate of drug-likeness (QED) is 0.571. The number of furan rings is 1. The second-order valence-electron chi connectivity index (χ2n) is 4.73. The third-order valence-electron chi connectivity index (χ3n) is 3.00. The van der Waals surface area contributed by atoms with E-state index in [1.165, 1.54) is 12.3 Å². The van der Waals surface area contributed by atoms with Crippen molar-refractivity contribution in [3.63, 3.8) is 0 Å². The van der Waals surface area contributed by atoms with Crippen LogP contribution < -0.4 is 10.7 Å². The largest absolute Gasteiger partial charge is 0.465 e. The SMILES string of the molecule is O=C(Nc1ccc(Cl)c(Cl)c1)NN1C(=O)/C(=C\c2ccco2)SC1=S. The monoisotopic (exact) mass is 413 g/mol. The minimum Gasteiger partial charge on any atom is -0.465 e. The molecule has 1 aromatic carbocycles. The molecule has 0 radical (unpaired) electrons. The molecule has 25 heavy (non-hydrogen) atoms. The van der Waals surface area contributed by atoms with Gasteiger partial charge in [0.15, 0.2) is 4.32 Å². The summed E-state index contributed by atoms with van der Waals surface area (Å²) in [5.41, 5.74) is 2.81. The molecule has 0 atom stereocenters. The summed E-state index contributed by atoms with van der Waals surface area (Å²) < 4.78 is 5.37. The number of thiocarbonyl (C=S) groups is 1. The van der Waals surface area contributed by atoms with E-state index in [4.69, 9.17) is 39.8 Å². The van der Waals surface area contributed by atoms with Crippen LogP contribution in [0.1, 0.15) is 5.76 Å². The predicted octanol–water partition coefficient (Wildman–Crippen LogP) is 4.52. The lowest BCUT2D eigenvalue weighted by Gasteiger charge is -2.16. The molecule has 0 aliphatic carbocycles. The number of nitrogens with one attached hydrogen (secondary N) is 2. The molecule has 1 fully saturated rings. The van der Waals surface area contributed by atoms with E-state index in [2.05, 4.69) is 10.7 Å². The van der Waals surface area contributed by atoms with Crippen LogP contribution in [0.15, 0.2) is 45.9 Å². The molecule has 1 aliphatic rings. The van der Waals surface area contributed by atoms with Crippen LogP contribution in [0.5, 0.6) is 0 Å². The maximum atomic E-state index is 12.4. The highest BCUT2D eigenvalue weighted by atomic mass is 35.5. The van der Waals surface area contributed by atoms with Gasteiger partial charge in [0, 0.05) is 11.8 Å². The molecule has 128 valence electrons. The fourth-order valence-electron chi connectivity index (χ4n) is 1.90. The number of hydrazine groups is 1. The first-order chi connectivity index (χ1) is 11.9. The van der Waals surface area contributed by atoms with Crippen LogP contribution in [0.25, 0.3) is 6.08 Å². The van der Waals surface area contributed by atoms with Gasteiger partial charge >= 0.3 is 6.03 Å². The summed E-state index contributed by atoms with van der Waals surface area (Å²) in [6, 6.07) is 7.38. The Hall–Kier alpha value is -2.00. The Morgan fingerprint density at radius 2 is 2.08 bits per heavy atom. The number of carbonyl (C=O) groups excluding carboxylic acids is 2. The van der Waals surface area contributed by atoms with Crippen molar-refractivity contribution in [1.82, 2.24) is 10.4 Å². The number of nitrogens with zero attached hydrogens (tertiary/aromatic N) is 1. The van der Waals surface area contributed by atoms with Crippen molar-refractivity contribution in [3.8, 4) is 0 Å². The fourth-order valence-corrected chi connectivity index (χ4v) is 3.36. The lowest BCUT2D eigenvalue weighted by Crippen LogP contribution is -2.46. The number of amides is 3. The number of benzene rings is 1. The number of hydrogen-bond acceptors (Lipinski definition) is 5. The van der Waals surface area contributed by atoms with Gasteiger partial charge in [-0.2, -0.15) is 5.01 Å². The third kappa shape index (κ3) is 4.16. The second-order valence-corrected chi connectivity index (χ2v) is 7.22. The molecule has 1 aliphatic heterocycles. The number of anilines is 1. The molecule has 2 heterocycles. The minimum absolute atomic E-state index is 0.201. The maximum Gasteiger partial charge on any atom is 0.338 e. The summed E-state index contributed by atoms with van der Waals surface area (Å²) in [5.74, 6) is 0.0662. The fraction of sp³-hybridized carbons (Fsp3) is 0. The number of urea groups is 1. The van der Waals surface area contributed by atoms with Crippen molar-refractivity contribution in [2.24, 2.45) is 0 Å². The van der Waals surface area contributed by atoms with Crippen molar-refractivity contribution >= 4 is 75.2 Å². The average Bonchev–Trinajstić information content (AvgIpc) is 3.15. The molecule has 1 saturated heterocycles. The number of halogens is 2. The van der Waals surface area contributed by atoms with Gasteiger partial charge in [0.25, 0.3) is 5.91 Å². The Morgan fingerprint density at radius 3 is 2.76 bits per heavy atom. The molecule has 3 amide bonds. The summed E-state index contributed by atoms with van der Waals surface area (Å²) in [4.78, 5) is 24.8. The smallest absolute Gasteiger partial charge is 0.338 e. The van der Waals surface area contributed by atoms with E-state index in [1.54, 1.807) is 30.3 Å². The third-order valence-corrected chi connectivity index (χ3v) is 5.04. The van der Waals surface area contributed by atoms with Crippen molar-refractivity contribution < 1.29 is 14.0 Å². The molecular weight excluding hydrogens is 405 g/mol. The van der Waals surface area contributed by atoms with Crippen molar-refractivity contribution in [2.45, 2.75) is 0 Å². The van der Waals surface area contributed by atoms with Crippen LogP contribution in [-0.4, -0.2) is 21.3 Å². The van der Waals surface area contributed by atoms with Crippen LogP contribution in [0.3, 0.4) is 0 Å². The standard InChI is InChI=1S/C15H9Cl2N3O3S2/c16-10-4-3-8(6-11(10)17)18-14(22)19-20-13(21)12(25-15(20)24)7-9-2-1-5-23-9/h1-7H,(H2,18,19,22)/b12-7+. The highest BCUT2D eigenvalue weighted by Crippen LogP contribution is 2.31. The van der Waals surface area contributed by atoms with Crippen molar-refractivity contribution in [3.05, 3.63) is 57.3 Å². The maximum absolute atomic E-state index is 12.4. The molecule has 10 heteroatoms. The van der Waals surface area contributed by atoms with Gasteiger partial charge < -0.3 is 9.73 Å². The van der Waals surface area contributed by atoms with E-state index >= 15 is 0 Å². The Balaban J connectivity index is 1.67. The van der Waals surface area contributed by atoms with Crippen molar-refractivity contribution in [1.29, 1.82) is 0 Å². The van der Waals surface area contributed by atoms with E-state index in [0.29, 0.717) is 26.4 Å². The lowest BCUT2D eigenvalue weighted by molar-refractivity contribution is -0.123. The highest BCUT2D eigenvalue weighted by molar-refractivity contribution is 8.26. The van der Waals surface area contributed by atoms with Gasteiger partial charge in [-0.1, -0.05) is 35.0 Å². The average molecular weight is 414 g/mol. The summed E-state index contributed by atoms with van der Waals surface area (Å²) in [5, 5.41) is 4.20. The van der Waals surface area contributed by atoms with Crippen LogP contribution in [0.4, 0.5) is 10.5 Å². The summed E-state index contributed by atoms with van der Waals surface area (Å²) in [7, 11) is 0. The Morgan fingerprint density at radius 1 is 1.28 bits per heavy atom. The second kappa shape index (κ2) is 7.49.